The highest BCUT2D eigenvalue weighted by Gasteiger charge is 2.34. The normalized spacial score (nSPS) is 11.8. The van der Waals surface area contributed by atoms with E-state index in [4.69, 9.17) is 0 Å². The lowest BCUT2D eigenvalue weighted by molar-refractivity contribution is -0.241. The Balaban J connectivity index is 3.94. The van der Waals surface area contributed by atoms with Crippen LogP contribution in [0.3, 0.4) is 0 Å². The van der Waals surface area contributed by atoms with Gasteiger partial charge in [-0.05, 0) is 0 Å². The second-order valence-corrected chi connectivity index (χ2v) is 2.35. The second kappa shape index (κ2) is 3.59. The third kappa shape index (κ3) is 3.85. The van der Waals surface area contributed by atoms with Crippen LogP contribution in [0.15, 0.2) is 0 Å². The van der Waals surface area contributed by atoms with Gasteiger partial charge in [0.1, 0.15) is 0 Å². The van der Waals surface area contributed by atoms with Gasteiger partial charge in [0.25, 0.3) is 0 Å². The van der Waals surface area contributed by atoms with Crippen LogP contribution in [0.1, 0.15) is 13.8 Å². The maximum atomic E-state index is 11.9. The number of rotatable bonds is 3. The summed E-state index contributed by atoms with van der Waals surface area (Å²) in [7, 11) is 0. The standard InChI is InChI=1S/C6H9F3O2/c1-4(2)5(10)11-6(8,9)3-7/h4H,3H2,1-2H3. The van der Waals surface area contributed by atoms with Crippen molar-refractivity contribution in [1.82, 2.24) is 0 Å². The second-order valence-electron chi connectivity index (χ2n) is 2.35. The van der Waals surface area contributed by atoms with Crippen molar-refractivity contribution in [3.05, 3.63) is 0 Å². The van der Waals surface area contributed by atoms with Crippen LogP contribution < -0.4 is 0 Å². The molecule has 0 spiro atoms. The number of carbonyl (C=O) groups excluding carboxylic acids is 1. The molecule has 0 aromatic heterocycles. The molecule has 0 atom stereocenters. The van der Waals surface area contributed by atoms with Crippen molar-refractivity contribution < 1.29 is 22.7 Å². The van der Waals surface area contributed by atoms with Crippen LogP contribution in [-0.2, 0) is 9.53 Å². The van der Waals surface area contributed by atoms with E-state index in [1.165, 1.54) is 13.8 Å². The lowest BCUT2D eigenvalue weighted by Gasteiger charge is -2.13. The summed E-state index contributed by atoms with van der Waals surface area (Å²) in [5.74, 6) is -1.78. The average molecular weight is 170 g/mol. The molecule has 0 unspecified atom stereocenters. The van der Waals surface area contributed by atoms with Crippen LogP contribution >= 0.6 is 0 Å². The summed E-state index contributed by atoms with van der Waals surface area (Å²) in [5.41, 5.74) is 0. The van der Waals surface area contributed by atoms with Crippen LogP contribution in [-0.4, -0.2) is 18.8 Å². The van der Waals surface area contributed by atoms with Crippen LogP contribution in [0.2, 0.25) is 0 Å². The SMILES string of the molecule is CC(C)C(=O)OC(F)(F)CF. The third-order valence-corrected chi connectivity index (χ3v) is 0.877. The van der Waals surface area contributed by atoms with Gasteiger partial charge >= 0.3 is 12.1 Å². The molecule has 2 nitrogen and oxygen atoms in total. The summed E-state index contributed by atoms with van der Waals surface area (Å²) in [6.45, 7) is 0.790. The van der Waals surface area contributed by atoms with Crippen LogP contribution in [0.5, 0.6) is 0 Å². The number of hydrogen-bond donors (Lipinski definition) is 0. The smallest absolute Gasteiger partial charge is 0.399 e. The first-order valence-corrected chi connectivity index (χ1v) is 3.05. The third-order valence-electron chi connectivity index (χ3n) is 0.877. The minimum absolute atomic E-state index is 0.674. The van der Waals surface area contributed by atoms with Crippen LogP contribution in [0.4, 0.5) is 13.2 Å². The molecule has 11 heavy (non-hydrogen) atoms. The molecule has 5 heteroatoms. The van der Waals surface area contributed by atoms with Gasteiger partial charge in [-0.25, -0.2) is 4.39 Å². The molecule has 0 radical (unpaired) electrons. The summed E-state index contributed by atoms with van der Waals surface area (Å²) < 4.78 is 38.8. The molecule has 0 fully saturated rings. The van der Waals surface area contributed by atoms with Gasteiger partial charge in [0.2, 0.25) is 0 Å². The number of ether oxygens (including phenoxy) is 1. The summed E-state index contributed by atoms with van der Waals surface area (Å²) in [4.78, 5) is 10.4. The van der Waals surface area contributed by atoms with E-state index in [0.29, 0.717) is 0 Å². The summed E-state index contributed by atoms with van der Waals surface area (Å²) in [6.07, 6.45) is -3.97. The molecule has 0 bridgehead atoms. The zero-order valence-corrected chi connectivity index (χ0v) is 6.23. The Morgan fingerprint density at radius 3 is 2.27 bits per heavy atom. The molecule has 66 valence electrons. The van der Waals surface area contributed by atoms with Gasteiger partial charge in [-0.3, -0.25) is 4.79 Å². The number of hydrogen-bond acceptors (Lipinski definition) is 2. The zero-order valence-electron chi connectivity index (χ0n) is 6.23. The topological polar surface area (TPSA) is 26.3 Å². The number of esters is 1. The largest absolute Gasteiger partial charge is 0.429 e. The summed E-state index contributed by atoms with van der Waals surface area (Å²) in [6, 6.07) is 0. The van der Waals surface area contributed by atoms with Crippen molar-refractivity contribution in [1.29, 1.82) is 0 Å². The van der Waals surface area contributed by atoms with Crippen LogP contribution in [0, 0.1) is 5.92 Å². The molecule has 0 saturated heterocycles. The maximum Gasteiger partial charge on any atom is 0.429 e. The van der Waals surface area contributed by atoms with E-state index in [2.05, 4.69) is 4.74 Å². The molecule has 0 aliphatic carbocycles. The highest BCUT2D eigenvalue weighted by atomic mass is 19.3. The van der Waals surface area contributed by atoms with Crippen molar-refractivity contribution in [2.75, 3.05) is 6.67 Å². The predicted octanol–water partition coefficient (Wildman–Crippen LogP) is 1.75. The van der Waals surface area contributed by atoms with Gasteiger partial charge in [-0.15, -0.1) is 0 Å². The van der Waals surface area contributed by atoms with E-state index in [0.717, 1.165) is 0 Å². The van der Waals surface area contributed by atoms with Crippen molar-refractivity contribution in [3.63, 3.8) is 0 Å². The first-order chi connectivity index (χ1) is 4.89. The lowest BCUT2D eigenvalue weighted by Crippen LogP contribution is -2.29. The summed E-state index contributed by atoms with van der Waals surface area (Å²) >= 11 is 0. The Kier molecular flexibility index (Phi) is 3.35. The highest BCUT2D eigenvalue weighted by Crippen LogP contribution is 2.17. The fourth-order valence-electron chi connectivity index (χ4n) is 0.292. The van der Waals surface area contributed by atoms with E-state index in [-0.39, 0.29) is 0 Å². The van der Waals surface area contributed by atoms with Crippen molar-refractivity contribution in [2.45, 2.75) is 20.0 Å². The Bertz CT molecular complexity index is 145. The predicted molar refractivity (Wildman–Crippen MR) is 31.9 cm³/mol. The van der Waals surface area contributed by atoms with Gasteiger partial charge < -0.3 is 4.74 Å². The molecule has 0 aromatic rings. The van der Waals surface area contributed by atoms with E-state index in [1.54, 1.807) is 0 Å². The fourth-order valence-corrected chi connectivity index (χ4v) is 0.292. The number of alkyl halides is 3. The molecule has 0 heterocycles. The lowest BCUT2D eigenvalue weighted by atomic mass is 10.2. The Hall–Kier alpha value is -0.740. The number of halogens is 3. The first-order valence-electron chi connectivity index (χ1n) is 3.05. The van der Waals surface area contributed by atoms with Gasteiger partial charge in [0.15, 0.2) is 6.67 Å². The molecule has 0 saturated carbocycles. The summed E-state index contributed by atoms with van der Waals surface area (Å²) in [5, 5.41) is 0. The van der Waals surface area contributed by atoms with Gasteiger partial charge in [-0.2, -0.15) is 8.78 Å². The molecular weight excluding hydrogens is 161 g/mol. The molecule has 0 rings (SSSR count). The average Bonchev–Trinajstić information content (AvgIpc) is 1.87. The quantitative estimate of drug-likeness (QED) is 0.603. The van der Waals surface area contributed by atoms with Crippen molar-refractivity contribution in [2.24, 2.45) is 5.92 Å². The molecule has 0 aliphatic rings. The van der Waals surface area contributed by atoms with Crippen molar-refractivity contribution in [3.8, 4) is 0 Å². The van der Waals surface area contributed by atoms with Gasteiger partial charge in [0, 0.05) is 0 Å². The Morgan fingerprint density at radius 2 is 2.00 bits per heavy atom. The van der Waals surface area contributed by atoms with E-state index >= 15 is 0 Å². The zero-order chi connectivity index (χ0) is 9.07. The van der Waals surface area contributed by atoms with Gasteiger partial charge in [-0.1, -0.05) is 13.8 Å². The molecule has 0 N–H and O–H groups in total. The van der Waals surface area contributed by atoms with Crippen LogP contribution in [0.25, 0.3) is 0 Å². The minimum atomic E-state index is -3.97. The Labute approximate surface area is 62.3 Å². The van der Waals surface area contributed by atoms with E-state index in [9.17, 15) is 18.0 Å². The number of carbonyl (C=O) groups is 1. The fraction of sp³-hybridized carbons (Fsp3) is 0.833. The monoisotopic (exact) mass is 170 g/mol. The maximum absolute atomic E-state index is 11.9. The minimum Gasteiger partial charge on any atom is -0.399 e. The van der Waals surface area contributed by atoms with E-state index < -0.39 is 24.7 Å². The Morgan fingerprint density at radius 1 is 1.55 bits per heavy atom. The molecule has 0 aliphatic heterocycles. The first kappa shape index (κ1) is 10.3. The highest BCUT2D eigenvalue weighted by molar-refractivity contribution is 5.71. The molecular formula is C6H9F3O2. The molecule has 0 aromatic carbocycles. The van der Waals surface area contributed by atoms with Gasteiger partial charge in [0.05, 0.1) is 5.92 Å². The molecule has 0 amide bonds. The van der Waals surface area contributed by atoms with Crippen molar-refractivity contribution >= 4 is 5.97 Å². The van der Waals surface area contributed by atoms with E-state index in [1.807, 2.05) is 0 Å².